The van der Waals surface area contributed by atoms with Crippen LogP contribution in [0.5, 0.6) is 0 Å². The number of aldehydes is 1. The normalized spacial score (nSPS) is 12.1. The van der Waals surface area contributed by atoms with Crippen LogP contribution in [0.15, 0.2) is 12.1 Å². The standard InChI is InChI=1S/C13H12F3NO/c1-7-4-8(2)11-9(6-18)12(13(14,15)16)17(3)10(11)5-7/h4-6H,1-3H3. The van der Waals surface area contributed by atoms with E-state index in [4.69, 9.17) is 0 Å². The second-order valence-corrected chi connectivity index (χ2v) is 4.41. The van der Waals surface area contributed by atoms with E-state index in [1.54, 1.807) is 19.1 Å². The molecule has 0 aliphatic rings. The molecular formula is C13H12F3NO. The molecule has 0 saturated heterocycles. The van der Waals surface area contributed by atoms with Crippen molar-refractivity contribution >= 4 is 17.2 Å². The van der Waals surface area contributed by atoms with Gasteiger partial charge in [-0.2, -0.15) is 13.2 Å². The zero-order chi connectivity index (χ0) is 13.7. The summed E-state index contributed by atoms with van der Waals surface area (Å²) in [6, 6.07) is 3.43. The molecule has 0 unspecified atom stereocenters. The van der Waals surface area contributed by atoms with Crippen LogP contribution in [-0.2, 0) is 13.2 Å². The van der Waals surface area contributed by atoms with Gasteiger partial charge in [0.2, 0.25) is 0 Å². The van der Waals surface area contributed by atoms with Gasteiger partial charge < -0.3 is 4.57 Å². The molecule has 1 aromatic heterocycles. The average Bonchev–Trinajstić information content (AvgIpc) is 2.51. The predicted molar refractivity (Wildman–Crippen MR) is 62.8 cm³/mol. The minimum absolute atomic E-state index is 0.280. The van der Waals surface area contributed by atoms with Gasteiger partial charge in [-0.05, 0) is 31.0 Å². The molecule has 0 aliphatic heterocycles. The maximum atomic E-state index is 13.0. The molecule has 96 valence electrons. The highest BCUT2D eigenvalue weighted by Gasteiger charge is 2.38. The topological polar surface area (TPSA) is 22.0 Å². The van der Waals surface area contributed by atoms with Crippen LogP contribution in [-0.4, -0.2) is 10.9 Å². The van der Waals surface area contributed by atoms with Crippen molar-refractivity contribution in [1.29, 1.82) is 0 Å². The fourth-order valence-electron chi connectivity index (χ4n) is 2.44. The number of hydrogen-bond acceptors (Lipinski definition) is 1. The van der Waals surface area contributed by atoms with Crippen LogP contribution < -0.4 is 0 Å². The van der Waals surface area contributed by atoms with Crippen molar-refractivity contribution in [2.45, 2.75) is 20.0 Å². The van der Waals surface area contributed by atoms with E-state index in [-0.39, 0.29) is 11.8 Å². The molecule has 0 spiro atoms. The highest BCUT2D eigenvalue weighted by molar-refractivity contribution is 6.01. The van der Waals surface area contributed by atoms with E-state index in [0.717, 1.165) is 10.1 Å². The summed E-state index contributed by atoms with van der Waals surface area (Å²) in [5.74, 6) is 0. The van der Waals surface area contributed by atoms with Gasteiger partial charge in [0.05, 0.1) is 5.56 Å². The van der Waals surface area contributed by atoms with Gasteiger partial charge >= 0.3 is 6.18 Å². The summed E-state index contributed by atoms with van der Waals surface area (Å²) in [6.45, 7) is 3.52. The fraction of sp³-hybridized carbons (Fsp3) is 0.308. The van der Waals surface area contributed by atoms with Crippen molar-refractivity contribution in [3.05, 3.63) is 34.5 Å². The van der Waals surface area contributed by atoms with Gasteiger partial charge in [-0.1, -0.05) is 6.07 Å². The molecule has 18 heavy (non-hydrogen) atoms. The van der Waals surface area contributed by atoms with E-state index < -0.39 is 11.9 Å². The van der Waals surface area contributed by atoms with Crippen LogP contribution in [0.3, 0.4) is 0 Å². The highest BCUT2D eigenvalue weighted by Crippen LogP contribution is 2.38. The molecule has 0 bridgehead atoms. The number of carbonyl (C=O) groups excluding carboxylic acids is 1. The fourth-order valence-corrected chi connectivity index (χ4v) is 2.44. The van der Waals surface area contributed by atoms with Crippen LogP contribution in [0.2, 0.25) is 0 Å². The number of rotatable bonds is 1. The van der Waals surface area contributed by atoms with E-state index in [0.29, 0.717) is 16.5 Å². The number of aromatic nitrogens is 1. The lowest BCUT2D eigenvalue weighted by molar-refractivity contribution is -0.143. The van der Waals surface area contributed by atoms with E-state index in [1.807, 2.05) is 6.92 Å². The molecule has 5 heteroatoms. The van der Waals surface area contributed by atoms with Crippen molar-refractivity contribution < 1.29 is 18.0 Å². The van der Waals surface area contributed by atoms with Gasteiger partial charge in [-0.3, -0.25) is 4.79 Å². The van der Waals surface area contributed by atoms with Gasteiger partial charge in [0.25, 0.3) is 0 Å². The minimum atomic E-state index is -4.54. The molecule has 1 heterocycles. The molecule has 2 aromatic rings. The van der Waals surface area contributed by atoms with Crippen LogP contribution in [0, 0.1) is 13.8 Å². The SMILES string of the molecule is Cc1cc(C)c2c(C=O)c(C(F)(F)F)n(C)c2c1. The molecule has 0 aliphatic carbocycles. The molecule has 0 atom stereocenters. The monoisotopic (exact) mass is 255 g/mol. The number of halogens is 3. The van der Waals surface area contributed by atoms with Crippen LogP contribution in [0.1, 0.15) is 27.2 Å². The van der Waals surface area contributed by atoms with E-state index in [1.165, 1.54) is 7.05 Å². The molecule has 0 fully saturated rings. The number of alkyl halides is 3. The first-order chi connectivity index (χ1) is 8.27. The zero-order valence-corrected chi connectivity index (χ0v) is 10.2. The maximum absolute atomic E-state index is 13.0. The Morgan fingerprint density at radius 2 is 1.83 bits per heavy atom. The van der Waals surface area contributed by atoms with E-state index >= 15 is 0 Å². The van der Waals surface area contributed by atoms with Gasteiger partial charge in [-0.15, -0.1) is 0 Å². The Bertz CT molecular complexity index is 638. The number of benzene rings is 1. The Kier molecular flexibility index (Phi) is 2.72. The highest BCUT2D eigenvalue weighted by atomic mass is 19.4. The first-order valence-corrected chi connectivity index (χ1v) is 5.39. The predicted octanol–water partition coefficient (Wildman–Crippen LogP) is 3.63. The number of fused-ring (bicyclic) bond motifs is 1. The Hall–Kier alpha value is -1.78. The largest absolute Gasteiger partial charge is 0.432 e. The molecule has 2 nitrogen and oxygen atoms in total. The quantitative estimate of drug-likeness (QED) is 0.713. The third-order valence-corrected chi connectivity index (χ3v) is 3.07. The van der Waals surface area contributed by atoms with Crippen molar-refractivity contribution in [3.8, 4) is 0 Å². The number of hydrogen-bond donors (Lipinski definition) is 0. The van der Waals surface area contributed by atoms with Crippen LogP contribution in [0.25, 0.3) is 10.9 Å². The summed E-state index contributed by atoms with van der Waals surface area (Å²) >= 11 is 0. The smallest absolute Gasteiger partial charge is 0.339 e. The Balaban J connectivity index is 3.02. The average molecular weight is 255 g/mol. The molecular weight excluding hydrogens is 243 g/mol. The van der Waals surface area contributed by atoms with Crippen LogP contribution in [0.4, 0.5) is 13.2 Å². The van der Waals surface area contributed by atoms with Gasteiger partial charge in [-0.25, -0.2) is 0 Å². The van der Waals surface area contributed by atoms with Crippen molar-refractivity contribution in [2.24, 2.45) is 7.05 Å². The summed E-state index contributed by atoms with van der Waals surface area (Å²) in [5, 5.41) is 0.380. The van der Waals surface area contributed by atoms with E-state index in [9.17, 15) is 18.0 Å². The zero-order valence-electron chi connectivity index (χ0n) is 10.2. The molecule has 0 saturated carbocycles. The summed E-state index contributed by atoms with van der Waals surface area (Å²) in [6.07, 6.45) is -4.25. The van der Waals surface area contributed by atoms with Gasteiger partial charge in [0, 0.05) is 18.0 Å². The van der Waals surface area contributed by atoms with Gasteiger partial charge in [0.15, 0.2) is 6.29 Å². The molecule has 0 radical (unpaired) electrons. The number of carbonyl (C=O) groups is 1. The maximum Gasteiger partial charge on any atom is 0.432 e. The molecule has 0 N–H and O–H groups in total. The van der Waals surface area contributed by atoms with Crippen molar-refractivity contribution in [1.82, 2.24) is 4.57 Å². The van der Waals surface area contributed by atoms with Gasteiger partial charge in [0.1, 0.15) is 5.69 Å². The Morgan fingerprint density at radius 1 is 1.22 bits per heavy atom. The molecule has 2 rings (SSSR count). The Labute approximate surface area is 102 Å². The molecule has 1 aromatic carbocycles. The summed E-state index contributed by atoms with van der Waals surface area (Å²) in [5.41, 5.74) is 0.811. The third kappa shape index (κ3) is 1.70. The van der Waals surface area contributed by atoms with Crippen molar-refractivity contribution in [2.75, 3.05) is 0 Å². The lowest BCUT2D eigenvalue weighted by Gasteiger charge is -2.08. The van der Waals surface area contributed by atoms with Crippen LogP contribution >= 0.6 is 0 Å². The third-order valence-electron chi connectivity index (χ3n) is 3.07. The lowest BCUT2D eigenvalue weighted by Crippen LogP contribution is -2.13. The Morgan fingerprint density at radius 3 is 2.33 bits per heavy atom. The first-order valence-electron chi connectivity index (χ1n) is 5.39. The number of nitrogens with zero attached hydrogens (tertiary/aromatic N) is 1. The number of aryl methyl sites for hydroxylation is 3. The van der Waals surface area contributed by atoms with Crippen molar-refractivity contribution in [3.63, 3.8) is 0 Å². The first kappa shape index (κ1) is 12.7. The minimum Gasteiger partial charge on any atom is -0.339 e. The molecule has 0 amide bonds. The second kappa shape index (κ2) is 3.86. The second-order valence-electron chi connectivity index (χ2n) is 4.41. The summed E-state index contributed by atoms with van der Waals surface area (Å²) in [4.78, 5) is 11.0. The van der Waals surface area contributed by atoms with E-state index in [2.05, 4.69) is 0 Å². The summed E-state index contributed by atoms with van der Waals surface area (Å²) in [7, 11) is 1.33. The lowest BCUT2D eigenvalue weighted by atomic mass is 10.0. The summed E-state index contributed by atoms with van der Waals surface area (Å²) < 4.78 is 40.0.